The molecule has 50 heavy (non-hydrogen) atoms. The molecule has 0 radical (unpaired) electrons. The molecule has 1 saturated heterocycles. The molecule has 14 heteroatoms. The number of ether oxygens (including phenoxy) is 2. The molecule has 1 rings (SSSR count). The van der Waals surface area contributed by atoms with E-state index in [1.165, 1.54) is 44.6 Å². The molecule has 7 N–H and O–H groups in total. The fourth-order valence-corrected chi connectivity index (χ4v) is 5.96. The summed E-state index contributed by atoms with van der Waals surface area (Å²) in [7, 11) is -5.11. The Labute approximate surface area is 299 Å². The average molecular weight is 736 g/mol. The van der Waals surface area contributed by atoms with Crippen molar-refractivity contribution in [3.8, 4) is 0 Å². The summed E-state index contributed by atoms with van der Waals surface area (Å²) < 4.78 is 47.1. The van der Waals surface area contributed by atoms with Crippen molar-refractivity contribution in [2.75, 3.05) is 13.2 Å². The molecule has 0 aromatic heterocycles. The lowest BCUT2D eigenvalue weighted by Gasteiger charge is -2.41. The van der Waals surface area contributed by atoms with Crippen LogP contribution < -0.4 is 5.32 Å². The molecule has 0 bridgehead atoms. The minimum Gasteiger partial charge on any atom is -0.394 e. The van der Waals surface area contributed by atoms with E-state index < -0.39 is 78.5 Å². The van der Waals surface area contributed by atoms with Gasteiger partial charge >= 0.3 is 10.4 Å². The minimum atomic E-state index is -5.11. The van der Waals surface area contributed by atoms with Gasteiger partial charge in [0.1, 0.15) is 30.5 Å². The van der Waals surface area contributed by atoms with E-state index in [0.29, 0.717) is 12.8 Å². The first-order valence-corrected chi connectivity index (χ1v) is 19.8. The van der Waals surface area contributed by atoms with E-state index in [9.17, 15) is 38.7 Å². The Morgan fingerprint density at radius 1 is 0.800 bits per heavy atom. The Morgan fingerprint density at radius 3 is 1.96 bits per heavy atom. The van der Waals surface area contributed by atoms with Crippen LogP contribution in [-0.2, 0) is 28.9 Å². The third kappa shape index (κ3) is 21.0. The Morgan fingerprint density at radius 2 is 1.36 bits per heavy atom. The number of carbonyl (C=O) groups excluding carboxylic acids is 1. The van der Waals surface area contributed by atoms with Crippen LogP contribution in [0.1, 0.15) is 123 Å². The Kier molecular flexibility index (Phi) is 25.8. The molecule has 8 unspecified atom stereocenters. The van der Waals surface area contributed by atoms with Crippen LogP contribution in [0, 0.1) is 0 Å². The van der Waals surface area contributed by atoms with Gasteiger partial charge in [-0.3, -0.25) is 9.35 Å². The molecule has 1 amide bonds. The number of hydrogen-bond donors (Lipinski definition) is 7. The number of amides is 1. The van der Waals surface area contributed by atoms with Gasteiger partial charge in [0.15, 0.2) is 6.29 Å². The number of rotatable bonds is 29. The number of unbranched alkanes of at least 4 members (excludes halogenated alkanes) is 12. The number of hydrogen-bond acceptors (Lipinski definition) is 11. The lowest BCUT2D eigenvalue weighted by Crippen LogP contribution is -2.61. The van der Waals surface area contributed by atoms with Crippen LogP contribution in [0.5, 0.6) is 0 Å². The monoisotopic (exact) mass is 735 g/mol. The smallest absolute Gasteiger partial charge is 0.394 e. The van der Waals surface area contributed by atoms with E-state index in [1.54, 1.807) is 6.08 Å². The predicted molar refractivity (Wildman–Crippen MR) is 191 cm³/mol. The molecule has 0 spiro atoms. The van der Waals surface area contributed by atoms with Gasteiger partial charge in [0, 0.05) is 0 Å². The fraction of sp³-hybridized carbons (Fsp3) is 0.806. The predicted octanol–water partition coefficient (Wildman–Crippen LogP) is 4.18. The van der Waals surface area contributed by atoms with Crippen molar-refractivity contribution in [2.45, 2.75) is 172 Å². The first kappa shape index (κ1) is 46.3. The zero-order valence-corrected chi connectivity index (χ0v) is 30.9. The molecule has 1 heterocycles. The first-order valence-electron chi connectivity index (χ1n) is 18.5. The van der Waals surface area contributed by atoms with Gasteiger partial charge < -0.3 is 40.3 Å². The third-order valence-corrected chi connectivity index (χ3v) is 8.97. The van der Waals surface area contributed by atoms with Gasteiger partial charge in [0.05, 0.1) is 25.4 Å². The van der Waals surface area contributed by atoms with Crippen molar-refractivity contribution in [1.82, 2.24) is 5.32 Å². The van der Waals surface area contributed by atoms with Crippen molar-refractivity contribution in [3.05, 3.63) is 36.5 Å². The summed E-state index contributed by atoms with van der Waals surface area (Å²) in [6, 6.07) is -1.14. The van der Waals surface area contributed by atoms with E-state index in [4.69, 9.17) is 14.0 Å². The highest BCUT2D eigenvalue weighted by atomic mass is 32.3. The van der Waals surface area contributed by atoms with E-state index in [-0.39, 0.29) is 6.42 Å². The second-order valence-electron chi connectivity index (χ2n) is 12.9. The zero-order valence-electron chi connectivity index (χ0n) is 30.1. The van der Waals surface area contributed by atoms with Crippen LogP contribution in [0.4, 0.5) is 0 Å². The molecule has 1 aliphatic rings. The summed E-state index contributed by atoms with van der Waals surface area (Å²) in [4.78, 5) is 12.9. The Bertz CT molecular complexity index is 1070. The molecular formula is C36H65NO12S. The van der Waals surface area contributed by atoms with Crippen LogP contribution in [0.25, 0.3) is 0 Å². The second kappa shape index (κ2) is 27.9. The van der Waals surface area contributed by atoms with Gasteiger partial charge in [0.25, 0.3) is 0 Å². The highest BCUT2D eigenvalue weighted by molar-refractivity contribution is 7.80. The maximum absolute atomic E-state index is 12.9. The fourth-order valence-electron chi connectivity index (χ4n) is 5.45. The highest BCUT2D eigenvalue weighted by Crippen LogP contribution is 2.26. The summed E-state index contributed by atoms with van der Waals surface area (Å²) >= 11 is 0. The van der Waals surface area contributed by atoms with E-state index >= 15 is 0 Å². The van der Waals surface area contributed by atoms with Crippen LogP contribution in [0.15, 0.2) is 36.5 Å². The van der Waals surface area contributed by atoms with Crippen molar-refractivity contribution < 1.29 is 57.0 Å². The van der Waals surface area contributed by atoms with Crippen molar-refractivity contribution >= 4 is 16.3 Å². The average Bonchev–Trinajstić information content (AvgIpc) is 3.08. The largest absolute Gasteiger partial charge is 0.397 e. The molecule has 1 fully saturated rings. The minimum absolute atomic E-state index is 0.220. The van der Waals surface area contributed by atoms with Crippen LogP contribution in [0.3, 0.4) is 0 Å². The molecule has 0 aromatic rings. The van der Waals surface area contributed by atoms with Crippen LogP contribution in [0.2, 0.25) is 0 Å². The summed E-state index contributed by atoms with van der Waals surface area (Å²) in [6.07, 6.45) is 17.0. The van der Waals surface area contributed by atoms with Crippen LogP contribution in [-0.4, -0.2) is 107 Å². The molecule has 13 nitrogen and oxygen atoms in total. The van der Waals surface area contributed by atoms with Crippen molar-refractivity contribution in [2.24, 2.45) is 0 Å². The van der Waals surface area contributed by atoms with E-state index in [2.05, 4.69) is 47.7 Å². The summed E-state index contributed by atoms with van der Waals surface area (Å²) in [5.74, 6) is -0.729. The first-order chi connectivity index (χ1) is 23.9. The molecule has 0 saturated carbocycles. The lowest BCUT2D eigenvalue weighted by atomic mass is 9.99. The number of aliphatic hydroxyl groups excluding tert-OH is 5. The maximum atomic E-state index is 12.9. The standard InChI is InChI=1S/C36H65NO12S/c1-3-5-7-9-11-13-15-17-18-20-22-24-29(39)28(37-35(43)30(40)25-23-21-19-16-14-12-10-8-6-4-2)27-47-36-33(42)34(49-50(44,45)46)32(41)31(26-38)48-36/h10,12,15,17,22,24,28-34,36,38-42H,3-9,11,13-14,16,18-21,23,25-27H2,1-2H3,(H,37,43)(H,44,45,46)/b12-10-,17-15+,24-22+. The molecule has 292 valence electrons. The Hall–Kier alpha value is -1.72. The third-order valence-electron chi connectivity index (χ3n) is 8.50. The SMILES string of the molecule is CCCC/C=C\CCCCCCC(O)C(=O)NC(COC1OC(CO)C(O)C(OS(=O)(=O)O)C1O)C(O)/C=C/CC/C=C/CCCCCCC. The number of nitrogens with one attached hydrogen (secondary N) is 1. The second-order valence-corrected chi connectivity index (χ2v) is 14.0. The Balaban J connectivity index is 2.79. The summed E-state index contributed by atoms with van der Waals surface area (Å²) in [5.41, 5.74) is 0. The van der Waals surface area contributed by atoms with Gasteiger partial charge in [0.2, 0.25) is 5.91 Å². The van der Waals surface area contributed by atoms with Gasteiger partial charge in [-0.15, -0.1) is 0 Å². The summed E-state index contributed by atoms with van der Waals surface area (Å²) in [6.45, 7) is 3.06. The van der Waals surface area contributed by atoms with Gasteiger partial charge in [-0.1, -0.05) is 108 Å². The zero-order chi connectivity index (χ0) is 37.2. The van der Waals surface area contributed by atoms with Gasteiger partial charge in [-0.2, -0.15) is 8.42 Å². The normalized spacial score (nSPS) is 23.6. The number of aliphatic hydroxyl groups is 5. The van der Waals surface area contributed by atoms with Crippen LogP contribution >= 0.6 is 0 Å². The quantitative estimate of drug-likeness (QED) is 0.0328. The van der Waals surface area contributed by atoms with E-state index in [1.807, 2.05) is 0 Å². The lowest BCUT2D eigenvalue weighted by molar-refractivity contribution is -0.298. The molecular weight excluding hydrogens is 670 g/mol. The number of carbonyl (C=O) groups is 1. The molecule has 0 aromatic carbocycles. The maximum Gasteiger partial charge on any atom is 0.397 e. The van der Waals surface area contributed by atoms with Crippen molar-refractivity contribution in [3.63, 3.8) is 0 Å². The summed E-state index contributed by atoms with van der Waals surface area (Å²) in [5, 5.41) is 54.6. The molecule has 1 aliphatic heterocycles. The van der Waals surface area contributed by atoms with E-state index in [0.717, 1.165) is 51.4 Å². The highest BCUT2D eigenvalue weighted by Gasteiger charge is 2.48. The molecule has 8 atom stereocenters. The van der Waals surface area contributed by atoms with Gasteiger partial charge in [-0.25, -0.2) is 4.18 Å². The number of allylic oxidation sites excluding steroid dienone is 5. The molecule has 0 aliphatic carbocycles. The van der Waals surface area contributed by atoms with Crippen molar-refractivity contribution in [1.29, 1.82) is 0 Å². The van der Waals surface area contributed by atoms with Gasteiger partial charge in [-0.05, 0) is 51.4 Å². The topological polar surface area (TPSA) is 212 Å².